The Balaban J connectivity index is 1.64. The summed E-state index contributed by atoms with van der Waals surface area (Å²) in [5.41, 5.74) is 0. The van der Waals surface area contributed by atoms with Gasteiger partial charge in [0.15, 0.2) is 0 Å². The maximum Gasteiger partial charge on any atom is 0.320 e. The SMILES string of the molecule is CCC1CCCC(OC(=O)CNC2CC2)C1. The molecular weight excluding hydrogens is 202 g/mol. The average Bonchev–Trinajstić information content (AvgIpc) is 3.10. The number of esters is 1. The Morgan fingerprint density at radius 2 is 2.12 bits per heavy atom. The molecule has 2 aliphatic rings. The molecule has 3 heteroatoms. The van der Waals surface area contributed by atoms with E-state index in [-0.39, 0.29) is 12.1 Å². The second-order valence-corrected chi connectivity index (χ2v) is 5.21. The van der Waals surface area contributed by atoms with E-state index in [2.05, 4.69) is 12.2 Å². The van der Waals surface area contributed by atoms with Gasteiger partial charge in [0, 0.05) is 6.04 Å². The maximum atomic E-state index is 11.6. The fourth-order valence-electron chi connectivity index (χ4n) is 2.46. The minimum atomic E-state index is -0.0614. The van der Waals surface area contributed by atoms with Gasteiger partial charge in [0.1, 0.15) is 6.10 Å². The molecule has 2 saturated carbocycles. The lowest BCUT2D eigenvalue weighted by molar-refractivity contribution is -0.150. The van der Waals surface area contributed by atoms with Crippen LogP contribution in [0.3, 0.4) is 0 Å². The van der Waals surface area contributed by atoms with Crippen LogP contribution >= 0.6 is 0 Å². The summed E-state index contributed by atoms with van der Waals surface area (Å²) >= 11 is 0. The smallest absolute Gasteiger partial charge is 0.320 e. The molecule has 3 nitrogen and oxygen atoms in total. The van der Waals surface area contributed by atoms with E-state index in [0.29, 0.717) is 12.6 Å². The van der Waals surface area contributed by atoms with Gasteiger partial charge in [-0.05, 0) is 38.0 Å². The first-order valence-electron chi connectivity index (χ1n) is 6.70. The third kappa shape index (κ3) is 3.78. The first kappa shape index (κ1) is 11.9. The predicted molar refractivity (Wildman–Crippen MR) is 63.2 cm³/mol. The van der Waals surface area contributed by atoms with Crippen molar-refractivity contribution in [3.8, 4) is 0 Å². The number of rotatable bonds is 5. The summed E-state index contributed by atoms with van der Waals surface area (Å²) in [6.45, 7) is 2.63. The van der Waals surface area contributed by atoms with E-state index in [1.165, 1.54) is 32.1 Å². The molecule has 1 N–H and O–H groups in total. The van der Waals surface area contributed by atoms with Crippen LogP contribution in [0, 0.1) is 5.92 Å². The van der Waals surface area contributed by atoms with Crippen molar-refractivity contribution in [2.45, 2.75) is 64.0 Å². The molecule has 0 radical (unpaired) electrons. The molecular formula is C13H23NO2. The largest absolute Gasteiger partial charge is 0.461 e. The summed E-state index contributed by atoms with van der Waals surface area (Å²) in [6.07, 6.45) is 8.50. The Morgan fingerprint density at radius 1 is 1.31 bits per heavy atom. The second kappa shape index (κ2) is 5.67. The van der Waals surface area contributed by atoms with Crippen molar-refractivity contribution in [3.63, 3.8) is 0 Å². The summed E-state index contributed by atoms with van der Waals surface area (Å²) in [5.74, 6) is 0.705. The molecule has 2 unspecified atom stereocenters. The van der Waals surface area contributed by atoms with Crippen LogP contribution in [0.4, 0.5) is 0 Å². The van der Waals surface area contributed by atoms with Crippen molar-refractivity contribution in [3.05, 3.63) is 0 Å². The van der Waals surface area contributed by atoms with Crippen molar-refractivity contribution in [2.24, 2.45) is 5.92 Å². The Labute approximate surface area is 97.9 Å². The van der Waals surface area contributed by atoms with Crippen LogP contribution in [0.2, 0.25) is 0 Å². The molecule has 0 heterocycles. The molecule has 0 aliphatic heterocycles. The number of carbonyl (C=O) groups is 1. The molecule has 16 heavy (non-hydrogen) atoms. The standard InChI is InChI=1S/C13H23NO2/c1-2-10-4-3-5-12(8-10)16-13(15)9-14-11-6-7-11/h10-12,14H,2-9H2,1H3. The van der Waals surface area contributed by atoms with Gasteiger partial charge in [0.25, 0.3) is 0 Å². The van der Waals surface area contributed by atoms with Crippen LogP contribution in [0.25, 0.3) is 0 Å². The summed E-state index contributed by atoms with van der Waals surface area (Å²) in [6, 6.07) is 0.585. The van der Waals surface area contributed by atoms with Crippen LogP contribution in [0.1, 0.15) is 51.9 Å². The van der Waals surface area contributed by atoms with Crippen LogP contribution < -0.4 is 5.32 Å². The molecule has 0 spiro atoms. The van der Waals surface area contributed by atoms with Crippen molar-refractivity contribution in [1.82, 2.24) is 5.32 Å². The Kier molecular flexibility index (Phi) is 4.22. The van der Waals surface area contributed by atoms with Crippen LogP contribution in [0.15, 0.2) is 0 Å². The third-order valence-electron chi connectivity index (χ3n) is 3.72. The first-order valence-corrected chi connectivity index (χ1v) is 6.70. The summed E-state index contributed by atoms with van der Waals surface area (Å²) in [7, 11) is 0. The molecule has 0 bridgehead atoms. The van der Waals surface area contributed by atoms with Gasteiger partial charge in [-0.3, -0.25) is 4.79 Å². The van der Waals surface area contributed by atoms with Gasteiger partial charge in [-0.15, -0.1) is 0 Å². The molecule has 0 saturated heterocycles. The molecule has 0 aromatic carbocycles. The quantitative estimate of drug-likeness (QED) is 0.729. The molecule has 2 rings (SSSR count). The van der Waals surface area contributed by atoms with Crippen LogP contribution in [-0.2, 0) is 9.53 Å². The zero-order valence-corrected chi connectivity index (χ0v) is 10.2. The third-order valence-corrected chi connectivity index (χ3v) is 3.72. The van der Waals surface area contributed by atoms with E-state index in [1.54, 1.807) is 0 Å². The summed E-state index contributed by atoms with van der Waals surface area (Å²) < 4.78 is 5.50. The number of nitrogens with one attached hydrogen (secondary N) is 1. The minimum absolute atomic E-state index is 0.0614. The lowest BCUT2D eigenvalue weighted by Gasteiger charge is -2.28. The fourth-order valence-corrected chi connectivity index (χ4v) is 2.46. The maximum absolute atomic E-state index is 11.6. The second-order valence-electron chi connectivity index (χ2n) is 5.21. The molecule has 0 amide bonds. The van der Waals surface area contributed by atoms with E-state index in [9.17, 15) is 4.79 Å². The number of hydrogen-bond acceptors (Lipinski definition) is 3. The van der Waals surface area contributed by atoms with Crippen molar-refractivity contribution >= 4 is 5.97 Å². The Bertz CT molecular complexity index is 238. The van der Waals surface area contributed by atoms with E-state index < -0.39 is 0 Å². The highest BCUT2D eigenvalue weighted by Crippen LogP contribution is 2.28. The lowest BCUT2D eigenvalue weighted by atomic mass is 9.85. The molecule has 92 valence electrons. The molecule has 0 aromatic rings. The van der Waals surface area contributed by atoms with E-state index in [1.807, 2.05) is 0 Å². The minimum Gasteiger partial charge on any atom is -0.461 e. The predicted octanol–water partition coefficient (Wildman–Crippen LogP) is 2.25. The van der Waals surface area contributed by atoms with Crippen molar-refractivity contribution in [1.29, 1.82) is 0 Å². The summed E-state index contributed by atoms with van der Waals surface area (Å²) in [4.78, 5) is 11.6. The normalized spacial score (nSPS) is 30.1. The van der Waals surface area contributed by atoms with Crippen LogP contribution in [-0.4, -0.2) is 24.7 Å². The Morgan fingerprint density at radius 3 is 2.81 bits per heavy atom. The monoisotopic (exact) mass is 225 g/mol. The molecule has 2 fully saturated rings. The van der Waals surface area contributed by atoms with E-state index in [0.717, 1.165) is 18.8 Å². The van der Waals surface area contributed by atoms with E-state index >= 15 is 0 Å². The number of ether oxygens (including phenoxy) is 1. The first-order chi connectivity index (χ1) is 7.78. The van der Waals surface area contributed by atoms with Gasteiger partial charge in [-0.1, -0.05) is 19.8 Å². The highest BCUT2D eigenvalue weighted by molar-refractivity contribution is 5.71. The molecule has 2 aliphatic carbocycles. The zero-order chi connectivity index (χ0) is 11.4. The lowest BCUT2D eigenvalue weighted by Crippen LogP contribution is -2.31. The molecule has 0 aromatic heterocycles. The van der Waals surface area contributed by atoms with Gasteiger partial charge in [-0.25, -0.2) is 0 Å². The van der Waals surface area contributed by atoms with Crippen LogP contribution in [0.5, 0.6) is 0 Å². The number of carbonyl (C=O) groups excluding carboxylic acids is 1. The zero-order valence-electron chi connectivity index (χ0n) is 10.2. The highest BCUT2D eigenvalue weighted by Gasteiger charge is 2.25. The summed E-state index contributed by atoms with van der Waals surface area (Å²) in [5, 5.41) is 3.20. The average molecular weight is 225 g/mol. The van der Waals surface area contributed by atoms with Gasteiger partial charge >= 0.3 is 5.97 Å². The van der Waals surface area contributed by atoms with Gasteiger partial charge in [0.05, 0.1) is 6.54 Å². The topological polar surface area (TPSA) is 38.3 Å². The van der Waals surface area contributed by atoms with Gasteiger partial charge in [-0.2, -0.15) is 0 Å². The van der Waals surface area contributed by atoms with Gasteiger partial charge < -0.3 is 10.1 Å². The van der Waals surface area contributed by atoms with Crippen molar-refractivity contribution in [2.75, 3.05) is 6.54 Å². The Hall–Kier alpha value is -0.570. The fraction of sp³-hybridized carbons (Fsp3) is 0.923. The molecule has 2 atom stereocenters. The van der Waals surface area contributed by atoms with Gasteiger partial charge in [0.2, 0.25) is 0 Å². The number of hydrogen-bond donors (Lipinski definition) is 1. The highest BCUT2D eigenvalue weighted by atomic mass is 16.5. The van der Waals surface area contributed by atoms with Crippen molar-refractivity contribution < 1.29 is 9.53 Å². The van der Waals surface area contributed by atoms with E-state index in [4.69, 9.17) is 4.74 Å².